The van der Waals surface area contributed by atoms with E-state index in [2.05, 4.69) is 120 Å². The Morgan fingerprint density at radius 3 is 1.22 bits per heavy atom. The van der Waals surface area contributed by atoms with Gasteiger partial charge in [-0.15, -0.1) is 0 Å². The molecule has 0 aliphatic heterocycles. The van der Waals surface area contributed by atoms with E-state index < -0.39 is 13.9 Å². The van der Waals surface area contributed by atoms with Gasteiger partial charge in [-0.1, -0.05) is 0 Å². The molecule has 0 N–H and O–H groups in total. The molecule has 0 aromatic heterocycles. The van der Waals surface area contributed by atoms with Crippen molar-refractivity contribution in [2.24, 2.45) is 0 Å². The molecule has 0 amide bonds. The summed E-state index contributed by atoms with van der Waals surface area (Å²) < 4.78 is 0. The van der Waals surface area contributed by atoms with Crippen molar-refractivity contribution in [3.05, 3.63) is 35.9 Å². The standard InChI is InChI=1S/C25H50P2/c1-20(2)26(21(3)4,19-22-17-15-14-16-18-22)27(23(5,6)7,24(8,9)10)25(11,12)13/h14-18,20-21,26-27H,19H2,1-13H3. The molecule has 0 spiro atoms. The van der Waals surface area contributed by atoms with Crippen LogP contribution in [-0.4, -0.2) is 26.8 Å². The van der Waals surface area contributed by atoms with Crippen molar-refractivity contribution in [3.63, 3.8) is 0 Å². The monoisotopic (exact) mass is 412 g/mol. The molecule has 0 unspecified atom stereocenters. The third-order valence-corrected chi connectivity index (χ3v) is 35.7. The number of hydrogen-bond acceptors (Lipinski definition) is 0. The van der Waals surface area contributed by atoms with Gasteiger partial charge in [0.2, 0.25) is 0 Å². The van der Waals surface area contributed by atoms with E-state index in [9.17, 15) is 0 Å². The second-order valence-electron chi connectivity index (χ2n) is 12.5. The molecule has 0 saturated carbocycles. The van der Waals surface area contributed by atoms with Gasteiger partial charge in [0.25, 0.3) is 0 Å². The topological polar surface area (TPSA) is 0 Å². The number of rotatable bonds is 5. The molecule has 0 bridgehead atoms. The van der Waals surface area contributed by atoms with Gasteiger partial charge in [0.05, 0.1) is 0 Å². The van der Waals surface area contributed by atoms with Gasteiger partial charge in [-0.2, -0.15) is 0 Å². The zero-order chi connectivity index (χ0) is 21.5. The van der Waals surface area contributed by atoms with E-state index in [-0.39, 0.29) is 0 Å². The van der Waals surface area contributed by atoms with Gasteiger partial charge in [-0.3, -0.25) is 0 Å². The van der Waals surface area contributed by atoms with Crippen LogP contribution in [-0.2, 0) is 6.16 Å². The Balaban J connectivity index is 4.08. The molecule has 27 heavy (non-hydrogen) atoms. The van der Waals surface area contributed by atoms with Gasteiger partial charge < -0.3 is 0 Å². The molecule has 1 aromatic rings. The first-order valence-corrected chi connectivity index (χ1v) is 16.4. The van der Waals surface area contributed by atoms with Gasteiger partial charge in [-0.05, 0) is 0 Å². The third-order valence-electron chi connectivity index (χ3n) is 7.47. The van der Waals surface area contributed by atoms with Gasteiger partial charge in [0.1, 0.15) is 0 Å². The van der Waals surface area contributed by atoms with Crippen molar-refractivity contribution in [2.75, 3.05) is 0 Å². The molecule has 0 saturated heterocycles. The zero-order valence-corrected chi connectivity index (χ0v) is 22.7. The Morgan fingerprint density at radius 2 is 0.963 bits per heavy atom. The van der Waals surface area contributed by atoms with Crippen molar-refractivity contribution in [1.29, 1.82) is 0 Å². The Hall–Kier alpha value is 0.0800. The van der Waals surface area contributed by atoms with Crippen LogP contribution in [0.2, 0.25) is 0 Å². The van der Waals surface area contributed by atoms with E-state index >= 15 is 0 Å². The van der Waals surface area contributed by atoms with Crippen LogP contribution >= 0.6 is 13.9 Å². The maximum absolute atomic E-state index is 2.59. The van der Waals surface area contributed by atoms with E-state index in [0.717, 1.165) is 11.3 Å². The van der Waals surface area contributed by atoms with Crippen LogP contribution in [0, 0.1) is 0 Å². The van der Waals surface area contributed by atoms with E-state index in [1.165, 1.54) is 6.16 Å². The fraction of sp³-hybridized carbons (Fsp3) is 0.760. The average Bonchev–Trinajstić information content (AvgIpc) is 2.42. The Morgan fingerprint density at radius 1 is 0.630 bits per heavy atom. The molecule has 160 valence electrons. The number of hydrogen-bond donors (Lipinski definition) is 0. The predicted octanol–water partition coefficient (Wildman–Crippen LogP) is 8.81. The van der Waals surface area contributed by atoms with E-state index in [1.807, 2.05) is 0 Å². The summed E-state index contributed by atoms with van der Waals surface area (Å²) in [6, 6.07) is 11.4. The maximum atomic E-state index is 2.59. The molecule has 0 atom stereocenters. The summed E-state index contributed by atoms with van der Waals surface area (Å²) in [7, 11) is 0. The van der Waals surface area contributed by atoms with Crippen LogP contribution in [0.1, 0.15) is 95.6 Å². The van der Waals surface area contributed by atoms with Crippen LogP contribution < -0.4 is 0 Å². The Labute approximate surface area is 172 Å². The second-order valence-corrected chi connectivity index (χ2v) is 28.3. The number of benzene rings is 1. The molecule has 1 rings (SSSR count). The molecule has 2 heteroatoms. The van der Waals surface area contributed by atoms with Crippen molar-refractivity contribution in [1.82, 2.24) is 0 Å². The minimum absolute atomic E-state index is 0.360. The van der Waals surface area contributed by atoms with Crippen LogP contribution in [0.3, 0.4) is 0 Å². The SMILES string of the molecule is CC(C)[PH](Cc1ccccc1)(C(C)C)[PH](C(C)(C)C)(C(C)(C)C)C(C)(C)C. The van der Waals surface area contributed by atoms with Crippen LogP contribution in [0.25, 0.3) is 0 Å². The van der Waals surface area contributed by atoms with Gasteiger partial charge in [0, 0.05) is 0 Å². The summed E-state index contributed by atoms with van der Waals surface area (Å²) in [4.78, 5) is 0. The van der Waals surface area contributed by atoms with Gasteiger partial charge in [-0.25, -0.2) is 0 Å². The zero-order valence-electron chi connectivity index (χ0n) is 20.7. The summed E-state index contributed by atoms with van der Waals surface area (Å²) in [6.45, 7) is 30.0. The molecule has 0 aliphatic carbocycles. The molecule has 0 radical (unpaired) electrons. The van der Waals surface area contributed by atoms with Gasteiger partial charge in [0.15, 0.2) is 0 Å². The normalized spacial score (nSPS) is 16.1. The summed E-state index contributed by atoms with van der Waals surface area (Å²) >= 11 is 0. The molecular weight excluding hydrogens is 362 g/mol. The fourth-order valence-corrected chi connectivity index (χ4v) is 43.6. The van der Waals surface area contributed by atoms with Crippen molar-refractivity contribution in [2.45, 2.75) is 123 Å². The van der Waals surface area contributed by atoms with E-state index in [0.29, 0.717) is 15.5 Å². The Bertz CT molecular complexity index is 548. The molecule has 1 aromatic carbocycles. The van der Waals surface area contributed by atoms with E-state index in [4.69, 9.17) is 0 Å². The van der Waals surface area contributed by atoms with Crippen molar-refractivity contribution in [3.8, 4) is 0 Å². The first-order chi connectivity index (χ1) is 12.0. The first kappa shape index (κ1) is 25.1. The predicted molar refractivity (Wildman–Crippen MR) is 136 cm³/mol. The molecule has 0 fully saturated rings. The van der Waals surface area contributed by atoms with Gasteiger partial charge >= 0.3 is 173 Å². The quantitative estimate of drug-likeness (QED) is 0.424. The summed E-state index contributed by atoms with van der Waals surface area (Å²) in [5, 5.41) is 1.08. The minimum atomic E-state index is -1.85. The molecule has 0 heterocycles. The van der Waals surface area contributed by atoms with Crippen LogP contribution in [0.5, 0.6) is 0 Å². The van der Waals surface area contributed by atoms with Crippen molar-refractivity contribution < 1.29 is 0 Å². The Kier molecular flexibility index (Phi) is 7.51. The molecule has 0 aliphatic rings. The van der Waals surface area contributed by atoms with Crippen LogP contribution in [0.4, 0.5) is 0 Å². The molecule has 0 nitrogen and oxygen atoms in total. The summed E-state index contributed by atoms with van der Waals surface area (Å²) in [5.41, 5.74) is 3.13. The molecular formula is C25H50P2. The van der Waals surface area contributed by atoms with Crippen molar-refractivity contribution >= 4 is 13.9 Å². The summed E-state index contributed by atoms with van der Waals surface area (Å²) in [5.74, 6) is 0. The second kappa shape index (κ2) is 8.07. The fourth-order valence-electron chi connectivity index (χ4n) is 8.48. The summed E-state index contributed by atoms with van der Waals surface area (Å²) in [6.07, 6.45) is 1.33. The average molecular weight is 413 g/mol. The first-order valence-electron chi connectivity index (χ1n) is 11.0. The van der Waals surface area contributed by atoms with Crippen LogP contribution in [0.15, 0.2) is 30.3 Å². The third kappa shape index (κ3) is 4.05. The van der Waals surface area contributed by atoms with E-state index in [1.54, 1.807) is 5.56 Å².